The molecule has 10 nitrogen and oxygen atoms in total. The minimum absolute atomic E-state index is 0.0414. The zero-order valence-corrected chi connectivity index (χ0v) is 14.0. The number of rotatable bonds is 9. The van der Waals surface area contributed by atoms with E-state index in [1.807, 2.05) is 0 Å². The number of alkyl halides is 1. The third-order valence-electron chi connectivity index (χ3n) is 2.86. The second kappa shape index (κ2) is 8.49. The van der Waals surface area contributed by atoms with Crippen molar-refractivity contribution in [1.29, 1.82) is 0 Å². The second-order valence-electron chi connectivity index (χ2n) is 4.81. The number of carbonyl (C=O) groups excluding carboxylic acids is 1. The molecule has 0 aliphatic heterocycles. The Balaban J connectivity index is 1.87. The molecule has 0 fully saturated rings. The first kappa shape index (κ1) is 19.5. The van der Waals surface area contributed by atoms with E-state index in [9.17, 15) is 27.8 Å². The highest BCUT2D eigenvalue weighted by Crippen LogP contribution is 2.27. The molecule has 3 N–H and O–H groups in total. The number of halogens is 1. The van der Waals surface area contributed by atoms with E-state index in [1.165, 1.54) is 12.1 Å². The van der Waals surface area contributed by atoms with Gasteiger partial charge in [-0.25, -0.2) is 4.39 Å². The smallest absolute Gasteiger partial charge is 0.294 e. The summed E-state index contributed by atoms with van der Waals surface area (Å²) in [7, 11) is -3.94. The number of hydrogen-bond acceptors (Lipinski definition) is 9. The average molecular weight is 390 g/mol. The molecule has 0 saturated heterocycles. The SMILES string of the molecule is O=C(Nc1cc(O)ccc1O)c1cc(OCCOS(=O)(=O)CCF)no1. The van der Waals surface area contributed by atoms with Crippen LogP contribution in [0.3, 0.4) is 0 Å². The molecule has 2 aromatic rings. The molecule has 0 bridgehead atoms. The number of phenolic OH excluding ortho intramolecular Hbond substituents is 2. The van der Waals surface area contributed by atoms with Crippen LogP contribution in [0, 0.1) is 0 Å². The van der Waals surface area contributed by atoms with E-state index in [1.54, 1.807) is 0 Å². The van der Waals surface area contributed by atoms with E-state index in [4.69, 9.17) is 9.26 Å². The largest absolute Gasteiger partial charge is 0.508 e. The number of hydrogen-bond donors (Lipinski definition) is 3. The molecule has 0 atom stereocenters. The number of phenols is 2. The summed E-state index contributed by atoms with van der Waals surface area (Å²) in [5.41, 5.74) is -0.0414. The van der Waals surface area contributed by atoms with Crippen molar-refractivity contribution >= 4 is 21.7 Å². The van der Waals surface area contributed by atoms with E-state index >= 15 is 0 Å². The first-order valence-corrected chi connectivity index (χ1v) is 8.74. The summed E-state index contributed by atoms with van der Waals surface area (Å²) in [6, 6.07) is 4.69. The number of nitrogens with zero attached hydrogens (tertiary/aromatic N) is 1. The Morgan fingerprint density at radius 1 is 1.27 bits per heavy atom. The van der Waals surface area contributed by atoms with Gasteiger partial charge in [0, 0.05) is 6.07 Å². The van der Waals surface area contributed by atoms with Crippen LogP contribution >= 0.6 is 0 Å². The topological polar surface area (TPSA) is 148 Å². The van der Waals surface area contributed by atoms with Crippen LogP contribution in [0.15, 0.2) is 28.8 Å². The lowest BCUT2D eigenvalue weighted by Crippen LogP contribution is -2.16. The molecule has 1 heterocycles. The van der Waals surface area contributed by atoms with Gasteiger partial charge in [-0.2, -0.15) is 8.42 Å². The van der Waals surface area contributed by atoms with E-state index in [0.717, 1.165) is 12.1 Å². The van der Waals surface area contributed by atoms with Crippen LogP contribution in [0.5, 0.6) is 17.4 Å². The summed E-state index contributed by atoms with van der Waals surface area (Å²) >= 11 is 0. The van der Waals surface area contributed by atoms with E-state index < -0.39 is 28.5 Å². The number of benzene rings is 1. The van der Waals surface area contributed by atoms with E-state index in [0.29, 0.717) is 0 Å². The molecule has 1 aromatic carbocycles. The molecule has 0 spiro atoms. The van der Waals surface area contributed by atoms with Crippen molar-refractivity contribution in [2.45, 2.75) is 0 Å². The van der Waals surface area contributed by atoms with Gasteiger partial charge in [-0.15, -0.1) is 0 Å². The lowest BCUT2D eigenvalue weighted by Gasteiger charge is -2.05. The predicted molar refractivity (Wildman–Crippen MR) is 85.4 cm³/mol. The fourth-order valence-corrected chi connectivity index (χ4v) is 2.33. The molecule has 0 radical (unpaired) electrons. The average Bonchev–Trinajstić information content (AvgIpc) is 3.04. The van der Waals surface area contributed by atoms with Gasteiger partial charge >= 0.3 is 0 Å². The zero-order chi connectivity index (χ0) is 19.2. The lowest BCUT2D eigenvalue weighted by molar-refractivity contribution is 0.0986. The van der Waals surface area contributed by atoms with Crippen molar-refractivity contribution in [1.82, 2.24) is 5.16 Å². The first-order valence-electron chi connectivity index (χ1n) is 7.16. The van der Waals surface area contributed by atoms with Crippen molar-refractivity contribution in [2.24, 2.45) is 0 Å². The lowest BCUT2D eigenvalue weighted by atomic mass is 10.2. The van der Waals surface area contributed by atoms with Gasteiger partial charge in [0.25, 0.3) is 21.9 Å². The van der Waals surface area contributed by atoms with Gasteiger partial charge < -0.3 is 24.8 Å². The van der Waals surface area contributed by atoms with Crippen molar-refractivity contribution < 1.29 is 41.3 Å². The molecule has 1 aromatic heterocycles. The number of aromatic hydroxyl groups is 2. The predicted octanol–water partition coefficient (Wildman–Crippen LogP) is 1.03. The number of aromatic nitrogens is 1. The first-order chi connectivity index (χ1) is 12.3. The molecule has 0 unspecified atom stereocenters. The van der Waals surface area contributed by atoms with E-state index in [-0.39, 0.29) is 42.0 Å². The van der Waals surface area contributed by atoms with Crippen molar-refractivity contribution in [3.8, 4) is 17.4 Å². The maximum absolute atomic E-state index is 12.0. The number of amides is 1. The third-order valence-corrected chi connectivity index (χ3v) is 4.04. The van der Waals surface area contributed by atoms with Crippen molar-refractivity contribution in [3.05, 3.63) is 30.0 Å². The molecule has 12 heteroatoms. The van der Waals surface area contributed by atoms with Crippen LogP contribution in [0.25, 0.3) is 0 Å². The number of ether oxygens (including phenoxy) is 1. The monoisotopic (exact) mass is 390 g/mol. The van der Waals surface area contributed by atoms with Gasteiger partial charge in [0.15, 0.2) is 0 Å². The number of anilines is 1. The number of nitrogens with one attached hydrogen (secondary N) is 1. The summed E-state index contributed by atoms with van der Waals surface area (Å²) < 4.78 is 48.5. The van der Waals surface area contributed by atoms with Crippen LogP contribution in [-0.2, 0) is 14.3 Å². The Morgan fingerprint density at radius 3 is 2.77 bits per heavy atom. The Bertz CT molecular complexity index is 868. The quantitative estimate of drug-likeness (QED) is 0.247. The fraction of sp³-hybridized carbons (Fsp3) is 0.286. The maximum atomic E-state index is 12.0. The molecule has 2 rings (SSSR count). The Labute approximate surface area is 147 Å². The second-order valence-corrected chi connectivity index (χ2v) is 6.57. The van der Waals surface area contributed by atoms with Gasteiger partial charge in [-0.1, -0.05) is 0 Å². The number of carbonyl (C=O) groups is 1. The molecule has 26 heavy (non-hydrogen) atoms. The summed E-state index contributed by atoms with van der Waals surface area (Å²) in [5, 5.41) is 24.7. The van der Waals surface area contributed by atoms with Crippen LogP contribution in [0.2, 0.25) is 0 Å². The van der Waals surface area contributed by atoms with Crippen LogP contribution in [0.4, 0.5) is 10.1 Å². The van der Waals surface area contributed by atoms with Gasteiger partial charge in [0.2, 0.25) is 5.76 Å². The standard InChI is InChI=1S/C14H15FN2O8S/c15-3-6-26(21,22)24-5-4-23-13-8-12(25-17-13)14(20)16-10-7-9(18)1-2-11(10)19/h1-2,7-8,18-19H,3-6H2,(H,16,20). The van der Waals surface area contributed by atoms with Crippen molar-refractivity contribution in [3.63, 3.8) is 0 Å². The Morgan fingerprint density at radius 2 is 2.04 bits per heavy atom. The minimum Gasteiger partial charge on any atom is -0.508 e. The molecule has 1 amide bonds. The summed E-state index contributed by atoms with van der Waals surface area (Å²) in [6.45, 7) is -1.65. The molecule has 0 aliphatic rings. The Hall–Kier alpha value is -2.86. The van der Waals surface area contributed by atoms with Crippen LogP contribution in [-0.4, -0.2) is 55.3 Å². The van der Waals surface area contributed by atoms with Gasteiger partial charge in [-0.05, 0) is 17.3 Å². The molecular formula is C14H15FN2O8S. The van der Waals surface area contributed by atoms with Gasteiger partial charge in [-0.3, -0.25) is 8.98 Å². The highest BCUT2D eigenvalue weighted by atomic mass is 32.2. The summed E-state index contributed by atoms with van der Waals surface area (Å²) in [4.78, 5) is 12.0. The molecule has 142 valence electrons. The molecule has 0 saturated carbocycles. The van der Waals surface area contributed by atoms with Crippen LogP contribution < -0.4 is 10.1 Å². The van der Waals surface area contributed by atoms with Crippen molar-refractivity contribution in [2.75, 3.05) is 31.0 Å². The molecular weight excluding hydrogens is 375 g/mol. The zero-order valence-electron chi connectivity index (χ0n) is 13.2. The van der Waals surface area contributed by atoms with Gasteiger partial charge in [0.05, 0.1) is 11.8 Å². The van der Waals surface area contributed by atoms with Crippen LogP contribution in [0.1, 0.15) is 10.6 Å². The minimum atomic E-state index is -3.94. The maximum Gasteiger partial charge on any atom is 0.294 e. The summed E-state index contributed by atoms with van der Waals surface area (Å²) in [6.07, 6.45) is 0. The highest BCUT2D eigenvalue weighted by Gasteiger charge is 2.16. The van der Waals surface area contributed by atoms with Gasteiger partial charge in [0.1, 0.15) is 37.1 Å². The normalized spacial score (nSPS) is 11.3. The Kier molecular flexibility index (Phi) is 6.36. The summed E-state index contributed by atoms with van der Waals surface area (Å²) in [5.74, 6) is -2.31. The molecule has 0 aliphatic carbocycles. The van der Waals surface area contributed by atoms with E-state index in [2.05, 4.69) is 14.7 Å². The highest BCUT2D eigenvalue weighted by molar-refractivity contribution is 7.86. The third kappa shape index (κ3) is 5.60. The fourth-order valence-electron chi connectivity index (χ4n) is 1.70.